The molecule has 0 aromatic carbocycles. The molecule has 1 aliphatic heterocycles. The molecule has 2 aliphatic rings. The minimum Gasteiger partial charge on any atom is -0.376 e. The van der Waals surface area contributed by atoms with E-state index in [4.69, 9.17) is 9.72 Å². The van der Waals surface area contributed by atoms with Crippen LogP contribution in [0.15, 0.2) is 9.95 Å². The van der Waals surface area contributed by atoms with E-state index in [1.54, 1.807) is 23.1 Å². The molecule has 1 unspecified atom stereocenters. The van der Waals surface area contributed by atoms with Crippen LogP contribution in [0.1, 0.15) is 36.1 Å². The highest BCUT2D eigenvalue weighted by Gasteiger charge is 2.24. The van der Waals surface area contributed by atoms with Crippen LogP contribution in [0.2, 0.25) is 0 Å². The number of hydrogen-bond acceptors (Lipinski definition) is 5. The summed E-state index contributed by atoms with van der Waals surface area (Å²) in [5, 5.41) is 1.71. The van der Waals surface area contributed by atoms with Crippen molar-refractivity contribution in [2.75, 3.05) is 12.9 Å². The zero-order valence-electron chi connectivity index (χ0n) is 12.8. The fourth-order valence-electron chi connectivity index (χ4n) is 3.53. The van der Waals surface area contributed by atoms with Crippen LogP contribution in [0.5, 0.6) is 0 Å². The summed E-state index contributed by atoms with van der Waals surface area (Å²) < 4.78 is 7.58. The largest absolute Gasteiger partial charge is 0.376 e. The number of fused-ring (bicyclic) bond motifs is 3. The summed E-state index contributed by atoms with van der Waals surface area (Å²) in [5.41, 5.74) is 1.42. The second kappa shape index (κ2) is 5.98. The van der Waals surface area contributed by atoms with Crippen molar-refractivity contribution in [2.24, 2.45) is 0 Å². The molecule has 6 heteroatoms. The molecule has 1 fully saturated rings. The summed E-state index contributed by atoms with van der Waals surface area (Å²) in [6.07, 6.45) is 8.86. The molecule has 0 saturated carbocycles. The van der Waals surface area contributed by atoms with E-state index >= 15 is 0 Å². The Morgan fingerprint density at radius 1 is 1.36 bits per heavy atom. The molecule has 0 bridgehead atoms. The highest BCUT2D eigenvalue weighted by molar-refractivity contribution is 7.98. The third kappa shape index (κ3) is 2.41. The summed E-state index contributed by atoms with van der Waals surface area (Å²) in [4.78, 5) is 20.2. The fraction of sp³-hybridized carbons (Fsp3) is 0.625. The normalized spacial score (nSPS) is 21.4. The highest BCUT2D eigenvalue weighted by atomic mass is 32.2. The molecular weight excluding hydrogens is 316 g/mol. The number of thioether (sulfide) groups is 1. The van der Waals surface area contributed by atoms with Crippen molar-refractivity contribution < 1.29 is 4.74 Å². The predicted molar refractivity (Wildman–Crippen MR) is 91.3 cm³/mol. The maximum atomic E-state index is 13.1. The molecule has 22 heavy (non-hydrogen) atoms. The van der Waals surface area contributed by atoms with Gasteiger partial charge in [-0.1, -0.05) is 11.8 Å². The van der Waals surface area contributed by atoms with Gasteiger partial charge in [-0.05, 0) is 50.3 Å². The van der Waals surface area contributed by atoms with Gasteiger partial charge in [-0.25, -0.2) is 4.98 Å². The second-order valence-electron chi connectivity index (χ2n) is 6.04. The number of ether oxygens (including phenoxy) is 1. The lowest BCUT2D eigenvalue weighted by Gasteiger charge is -2.15. The van der Waals surface area contributed by atoms with Gasteiger partial charge in [0.05, 0.1) is 18.0 Å². The van der Waals surface area contributed by atoms with Crippen LogP contribution in [-0.4, -0.2) is 28.5 Å². The first kappa shape index (κ1) is 14.7. The van der Waals surface area contributed by atoms with Crippen molar-refractivity contribution in [1.29, 1.82) is 0 Å². The molecule has 0 spiro atoms. The molecule has 1 aliphatic carbocycles. The van der Waals surface area contributed by atoms with Crippen LogP contribution in [0.4, 0.5) is 0 Å². The second-order valence-corrected chi connectivity index (χ2v) is 7.90. The van der Waals surface area contributed by atoms with Crippen molar-refractivity contribution >= 4 is 33.3 Å². The van der Waals surface area contributed by atoms with Crippen LogP contribution < -0.4 is 5.56 Å². The molecule has 1 atom stereocenters. The topological polar surface area (TPSA) is 44.1 Å². The summed E-state index contributed by atoms with van der Waals surface area (Å²) in [6.45, 7) is 1.46. The molecular formula is C16H20N2O2S2. The molecule has 3 heterocycles. The Bertz CT molecular complexity index is 760. The lowest BCUT2D eigenvalue weighted by atomic mass is 9.97. The van der Waals surface area contributed by atoms with E-state index in [0.717, 1.165) is 47.7 Å². The van der Waals surface area contributed by atoms with Gasteiger partial charge >= 0.3 is 0 Å². The van der Waals surface area contributed by atoms with Crippen molar-refractivity contribution in [2.45, 2.75) is 56.3 Å². The molecule has 2 aromatic rings. The van der Waals surface area contributed by atoms with Crippen molar-refractivity contribution in [3.63, 3.8) is 0 Å². The van der Waals surface area contributed by atoms with Crippen molar-refractivity contribution in [3.05, 3.63) is 20.8 Å². The molecule has 4 rings (SSSR count). The van der Waals surface area contributed by atoms with Crippen LogP contribution >= 0.6 is 23.1 Å². The van der Waals surface area contributed by atoms with Crippen LogP contribution in [0.25, 0.3) is 10.2 Å². The average Bonchev–Trinajstić information content (AvgIpc) is 3.16. The lowest BCUT2D eigenvalue weighted by molar-refractivity contribution is 0.0937. The average molecular weight is 336 g/mol. The van der Waals surface area contributed by atoms with E-state index in [2.05, 4.69) is 0 Å². The van der Waals surface area contributed by atoms with Gasteiger partial charge in [0.1, 0.15) is 4.83 Å². The molecule has 4 nitrogen and oxygen atoms in total. The third-order valence-corrected chi connectivity index (χ3v) is 6.50. The van der Waals surface area contributed by atoms with Gasteiger partial charge in [0.15, 0.2) is 5.16 Å². The van der Waals surface area contributed by atoms with Gasteiger partial charge in [-0.15, -0.1) is 11.3 Å². The summed E-state index contributed by atoms with van der Waals surface area (Å²) in [5.74, 6) is 0. The zero-order valence-corrected chi connectivity index (χ0v) is 14.4. The maximum absolute atomic E-state index is 13.1. The quantitative estimate of drug-likeness (QED) is 0.637. The van der Waals surface area contributed by atoms with E-state index in [0.29, 0.717) is 6.54 Å². The highest BCUT2D eigenvalue weighted by Crippen LogP contribution is 2.34. The summed E-state index contributed by atoms with van der Waals surface area (Å²) in [6, 6.07) is 0. The van der Waals surface area contributed by atoms with Gasteiger partial charge in [0.25, 0.3) is 5.56 Å². The molecule has 1 saturated heterocycles. The van der Waals surface area contributed by atoms with Gasteiger partial charge in [-0.3, -0.25) is 9.36 Å². The number of rotatable bonds is 3. The van der Waals surface area contributed by atoms with Crippen LogP contribution in [0, 0.1) is 0 Å². The Kier molecular flexibility index (Phi) is 4.00. The minimum absolute atomic E-state index is 0.143. The smallest absolute Gasteiger partial charge is 0.263 e. The Balaban J connectivity index is 1.86. The third-order valence-electron chi connectivity index (χ3n) is 4.63. The molecule has 118 valence electrons. The van der Waals surface area contributed by atoms with E-state index < -0.39 is 0 Å². The lowest BCUT2D eigenvalue weighted by Crippen LogP contribution is -2.29. The minimum atomic E-state index is 0.143. The van der Waals surface area contributed by atoms with Gasteiger partial charge in [0.2, 0.25) is 0 Å². The summed E-state index contributed by atoms with van der Waals surface area (Å²) in [7, 11) is 0. The van der Waals surface area contributed by atoms with E-state index in [-0.39, 0.29) is 11.7 Å². The Morgan fingerprint density at radius 3 is 3.00 bits per heavy atom. The standard InChI is InChI=1S/C16H20N2O2S2/c1-21-16-17-14-13(11-6-2-3-7-12(11)22-14)15(19)18(16)9-10-5-4-8-20-10/h10H,2-9H2,1H3. The zero-order chi connectivity index (χ0) is 15.1. The first-order valence-electron chi connectivity index (χ1n) is 7.98. The SMILES string of the molecule is CSc1nc2sc3c(c2c(=O)n1CC1CCCO1)CCCC3. The fourth-order valence-corrected chi connectivity index (χ4v) is 5.40. The number of thiophene rings is 1. The molecule has 2 aromatic heterocycles. The Labute approximate surface area is 137 Å². The Morgan fingerprint density at radius 2 is 2.23 bits per heavy atom. The molecule has 0 amide bonds. The first-order chi connectivity index (χ1) is 10.8. The van der Waals surface area contributed by atoms with Crippen LogP contribution in [-0.2, 0) is 24.1 Å². The van der Waals surface area contributed by atoms with Crippen LogP contribution in [0.3, 0.4) is 0 Å². The van der Waals surface area contributed by atoms with Crippen molar-refractivity contribution in [3.8, 4) is 0 Å². The number of aromatic nitrogens is 2. The van der Waals surface area contributed by atoms with E-state index in [9.17, 15) is 4.79 Å². The first-order valence-corrected chi connectivity index (χ1v) is 10.0. The molecule has 0 radical (unpaired) electrons. The van der Waals surface area contributed by atoms with Gasteiger partial charge in [0, 0.05) is 11.5 Å². The molecule has 0 N–H and O–H groups in total. The van der Waals surface area contributed by atoms with E-state index in [1.165, 1.54) is 23.3 Å². The maximum Gasteiger partial charge on any atom is 0.263 e. The van der Waals surface area contributed by atoms with Gasteiger partial charge < -0.3 is 4.74 Å². The number of aryl methyl sites for hydroxylation is 2. The number of hydrogen-bond donors (Lipinski definition) is 0. The van der Waals surface area contributed by atoms with Gasteiger partial charge in [-0.2, -0.15) is 0 Å². The predicted octanol–water partition coefficient (Wildman–Crippen LogP) is 3.24. The number of nitrogens with zero attached hydrogens (tertiary/aromatic N) is 2. The summed E-state index contributed by atoms with van der Waals surface area (Å²) >= 11 is 3.28. The monoisotopic (exact) mass is 336 g/mol. The Hall–Kier alpha value is -0.850. The van der Waals surface area contributed by atoms with E-state index in [1.807, 2.05) is 10.8 Å². The van der Waals surface area contributed by atoms with Crippen molar-refractivity contribution in [1.82, 2.24) is 9.55 Å².